The first kappa shape index (κ1) is 20.5. The van der Waals surface area contributed by atoms with Crippen LogP contribution in [0.2, 0.25) is 0 Å². The van der Waals surface area contributed by atoms with Crippen molar-refractivity contribution in [1.82, 2.24) is 15.5 Å². The summed E-state index contributed by atoms with van der Waals surface area (Å²) in [6.07, 6.45) is 6.40. The van der Waals surface area contributed by atoms with E-state index in [9.17, 15) is 0 Å². The Morgan fingerprint density at radius 1 is 1.28 bits per heavy atom. The molecule has 0 radical (unpaired) electrons. The molecule has 1 aliphatic carbocycles. The van der Waals surface area contributed by atoms with Crippen LogP contribution in [0, 0.1) is 11.3 Å². The molecule has 2 rings (SSSR count). The van der Waals surface area contributed by atoms with Crippen LogP contribution in [0.3, 0.4) is 0 Å². The number of hydrogen-bond donors (Lipinski definition) is 2. The zero-order valence-corrected chi connectivity index (χ0v) is 17.1. The molecule has 146 valence electrons. The van der Waals surface area contributed by atoms with Gasteiger partial charge in [0.05, 0.1) is 0 Å². The van der Waals surface area contributed by atoms with Crippen molar-refractivity contribution < 1.29 is 4.74 Å². The monoisotopic (exact) mass is 352 g/mol. The molecule has 1 saturated heterocycles. The van der Waals surface area contributed by atoms with Gasteiger partial charge in [0.2, 0.25) is 0 Å². The number of rotatable bonds is 8. The van der Waals surface area contributed by atoms with Crippen molar-refractivity contribution in [1.29, 1.82) is 0 Å². The largest absolute Gasteiger partial charge is 0.385 e. The molecule has 0 aromatic carbocycles. The highest BCUT2D eigenvalue weighted by Gasteiger charge is 2.34. The van der Waals surface area contributed by atoms with Gasteiger partial charge >= 0.3 is 0 Å². The minimum Gasteiger partial charge on any atom is -0.385 e. The number of hydrogen-bond acceptors (Lipinski definition) is 3. The van der Waals surface area contributed by atoms with E-state index in [-0.39, 0.29) is 0 Å². The Kier molecular flexibility index (Phi) is 8.01. The topological polar surface area (TPSA) is 48.9 Å². The smallest absolute Gasteiger partial charge is 0.191 e. The van der Waals surface area contributed by atoms with Crippen LogP contribution in [0.25, 0.3) is 0 Å². The number of nitrogens with zero attached hydrogens (tertiary/aromatic N) is 2. The molecule has 1 heterocycles. The molecule has 25 heavy (non-hydrogen) atoms. The lowest BCUT2D eigenvalue weighted by Gasteiger charge is -2.28. The van der Waals surface area contributed by atoms with E-state index in [0.717, 1.165) is 38.6 Å². The van der Waals surface area contributed by atoms with Crippen LogP contribution in [-0.2, 0) is 4.74 Å². The third-order valence-corrected chi connectivity index (χ3v) is 6.11. The van der Waals surface area contributed by atoms with Gasteiger partial charge in [0.15, 0.2) is 5.96 Å². The first-order valence-corrected chi connectivity index (χ1v) is 10.3. The summed E-state index contributed by atoms with van der Waals surface area (Å²) in [4.78, 5) is 7.57. The van der Waals surface area contributed by atoms with Crippen molar-refractivity contribution in [3.05, 3.63) is 0 Å². The Bertz CT molecular complexity index is 418. The number of ether oxygens (including phenoxy) is 1. The molecular formula is C20H40N4O. The van der Waals surface area contributed by atoms with E-state index in [1.54, 1.807) is 7.11 Å². The Morgan fingerprint density at radius 2 is 2.00 bits per heavy atom. The third-order valence-electron chi connectivity index (χ3n) is 6.11. The summed E-state index contributed by atoms with van der Waals surface area (Å²) in [5, 5.41) is 7.18. The molecule has 2 N–H and O–H groups in total. The summed E-state index contributed by atoms with van der Waals surface area (Å²) in [7, 11) is 1.81. The molecule has 2 fully saturated rings. The Morgan fingerprint density at radius 3 is 2.56 bits per heavy atom. The van der Waals surface area contributed by atoms with Gasteiger partial charge in [-0.1, -0.05) is 19.8 Å². The lowest BCUT2D eigenvalue weighted by atomic mass is 9.83. The molecule has 0 amide bonds. The normalized spacial score (nSPS) is 27.2. The van der Waals surface area contributed by atoms with E-state index in [1.807, 2.05) is 0 Å². The summed E-state index contributed by atoms with van der Waals surface area (Å²) in [5.41, 5.74) is 0.351. The lowest BCUT2D eigenvalue weighted by Crippen LogP contribution is -2.47. The van der Waals surface area contributed by atoms with Gasteiger partial charge < -0.3 is 15.4 Å². The van der Waals surface area contributed by atoms with Crippen LogP contribution in [0.4, 0.5) is 0 Å². The average molecular weight is 353 g/mol. The number of methoxy groups -OCH3 is 1. The number of nitrogens with one attached hydrogen (secondary N) is 2. The minimum atomic E-state index is 0.351. The molecule has 0 aromatic heterocycles. The predicted molar refractivity (Wildman–Crippen MR) is 106 cm³/mol. The van der Waals surface area contributed by atoms with Crippen LogP contribution < -0.4 is 10.6 Å². The molecular weight excluding hydrogens is 312 g/mol. The van der Waals surface area contributed by atoms with E-state index in [2.05, 4.69) is 43.2 Å². The zero-order chi connectivity index (χ0) is 18.3. The first-order valence-electron chi connectivity index (χ1n) is 10.3. The maximum Gasteiger partial charge on any atom is 0.191 e. The number of guanidine groups is 1. The average Bonchev–Trinajstić information content (AvgIpc) is 3.19. The van der Waals surface area contributed by atoms with Gasteiger partial charge in [0.25, 0.3) is 0 Å². The highest BCUT2D eigenvalue weighted by atomic mass is 16.5. The first-order chi connectivity index (χ1) is 12.0. The van der Waals surface area contributed by atoms with Crippen LogP contribution in [0.5, 0.6) is 0 Å². The molecule has 2 unspecified atom stereocenters. The standard InChI is InChI=1S/C20H40N4O/c1-6-21-19(23-18-14-24(16(2)3)13-17(18)4)22-15-20(11-12-25-5)9-7-8-10-20/h16-18H,6-15H2,1-5H3,(H2,21,22,23). The van der Waals surface area contributed by atoms with Gasteiger partial charge in [-0.15, -0.1) is 0 Å². The van der Waals surface area contributed by atoms with Crippen LogP contribution in [-0.4, -0.2) is 62.8 Å². The number of likely N-dealkylation sites (tertiary alicyclic amines) is 1. The fourth-order valence-corrected chi connectivity index (χ4v) is 4.29. The molecule has 1 saturated carbocycles. The van der Waals surface area contributed by atoms with E-state index in [0.29, 0.717) is 23.4 Å². The van der Waals surface area contributed by atoms with Crippen molar-refractivity contribution >= 4 is 5.96 Å². The summed E-state index contributed by atoms with van der Waals surface area (Å²) < 4.78 is 5.35. The third kappa shape index (κ3) is 5.85. The van der Waals surface area contributed by atoms with Crippen molar-refractivity contribution in [3.63, 3.8) is 0 Å². The highest BCUT2D eigenvalue weighted by molar-refractivity contribution is 5.80. The van der Waals surface area contributed by atoms with Crippen molar-refractivity contribution in [3.8, 4) is 0 Å². The van der Waals surface area contributed by atoms with Crippen molar-refractivity contribution in [2.75, 3.05) is 39.9 Å². The van der Waals surface area contributed by atoms with Gasteiger partial charge in [0, 0.05) is 52.0 Å². The number of aliphatic imine (C=N–C) groups is 1. The fourth-order valence-electron chi connectivity index (χ4n) is 4.29. The summed E-state index contributed by atoms with van der Waals surface area (Å²) >= 11 is 0. The van der Waals surface area contributed by atoms with Gasteiger partial charge in [-0.25, -0.2) is 0 Å². The van der Waals surface area contributed by atoms with E-state index >= 15 is 0 Å². The molecule has 0 bridgehead atoms. The second kappa shape index (κ2) is 9.77. The van der Waals surface area contributed by atoms with Crippen LogP contribution >= 0.6 is 0 Å². The molecule has 2 aliphatic rings. The summed E-state index contributed by atoms with van der Waals surface area (Å²) in [6.45, 7) is 14.0. The predicted octanol–water partition coefficient (Wildman–Crippen LogP) is 2.87. The molecule has 0 spiro atoms. The lowest BCUT2D eigenvalue weighted by molar-refractivity contribution is 0.141. The molecule has 5 heteroatoms. The van der Waals surface area contributed by atoms with E-state index in [4.69, 9.17) is 9.73 Å². The summed E-state index contributed by atoms with van der Waals surface area (Å²) in [5.74, 6) is 1.65. The van der Waals surface area contributed by atoms with Crippen molar-refractivity contribution in [2.24, 2.45) is 16.3 Å². The highest BCUT2D eigenvalue weighted by Crippen LogP contribution is 2.41. The summed E-state index contributed by atoms with van der Waals surface area (Å²) in [6, 6.07) is 1.10. The van der Waals surface area contributed by atoms with Gasteiger partial charge in [-0.2, -0.15) is 0 Å². The fraction of sp³-hybridized carbons (Fsp3) is 0.950. The van der Waals surface area contributed by atoms with Gasteiger partial charge in [-0.05, 0) is 51.4 Å². The Labute approximate surface area is 155 Å². The van der Waals surface area contributed by atoms with E-state index in [1.165, 1.54) is 32.2 Å². The molecule has 1 aliphatic heterocycles. The molecule has 2 atom stereocenters. The second-order valence-corrected chi connectivity index (χ2v) is 8.42. The van der Waals surface area contributed by atoms with Gasteiger partial charge in [0.1, 0.15) is 0 Å². The van der Waals surface area contributed by atoms with Crippen LogP contribution in [0.1, 0.15) is 59.8 Å². The SMILES string of the molecule is CCNC(=NCC1(CCOC)CCCC1)NC1CN(C(C)C)CC1C. The Hall–Kier alpha value is -0.810. The Balaban J connectivity index is 1.97. The quantitative estimate of drug-likeness (QED) is 0.521. The maximum atomic E-state index is 5.35. The van der Waals surface area contributed by atoms with Crippen molar-refractivity contribution in [2.45, 2.75) is 71.9 Å². The molecule has 5 nitrogen and oxygen atoms in total. The van der Waals surface area contributed by atoms with Crippen LogP contribution in [0.15, 0.2) is 4.99 Å². The minimum absolute atomic E-state index is 0.351. The van der Waals surface area contributed by atoms with Gasteiger partial charge in [-0.3, -0.25) is 9.89 Å². The van der Waals surface area contributed by atoms with E-state index < -0.39 is 0 Å². The zero-order valence-electron chi connectivity index (χ0n) is 17.1. The molecule has 0 aromatic rings. The maximum absolute atomic E-state index is 5.35. The second-order valence-electron chi connectivity index (χ2n) is 8.42.